The van der Waals surface area contributed by atoms with Crippen LogP contribution in [0.4, 0.5) is 11.4 Å². The maximum Gasteiger partial charge on any atom is 0.274 e. The van der Waals surface area contributed by atoms with Crippen molar-refractivity contribution in [3.63, 3.8) is 0 Å². The lowest BCUT2D eigenvalue weighted by atomic mass is 10.1. The lowest BCUT2D eigenvalue weighted by Crippen LogP contribution is -2.26. The highest BCUT2D eigenvalue weighted by Crippen LogP contribution is 2.22. The number of aryl methyl sites for hydroxylation is 1. The molecule has 0 fully saturated rings. The van der Waals surface area contributed by atoms with Crippen LogP contribution in [0.5, 0.6) is 0 Å². The quantitative estimate of drug-likeness (QED) is 0.611. The minimum atomic E-state index is -0.475. The maximum atomic E-state index is 11.5. The van der Waals surface area contributed by atoms with E-state index in [1.54, 1.807) is 26.0 Å². The number of nitrogens with two attached hydrogens (primary N) is 1. The second-order valence-electron chi connectivity index (χ2n) is 3.88. The van der Waals surface area contributed by atoms with Gasteiger partial charge in [0, 0.05) is 29.8 Å². The molecule has 0 saturated carbocycles. The van der Waals surface area contributed by atoms with Crippen LogP contribution in [-0.4, -0.2) is 17.4 Å². The molecule has 0 spiro atoms. The van der Waals surface area contributed by atoms with E-state index in [0.29, 0.717) is 11.3 Å². The predicted molar refractivity (Wildman–Crippen MR) is 64.7 cm³/mol. The summed E-state index contributed by atoms with van der Waals surface area (Å²) >= 11 is 0. The molecular weight excluding hydrogens is 222 g/mol. The lowest BCUT2D eigenvalue weighted by molar-refractivity contribution is -0.385. The zero-order valence-electron chi connectivity index (χ0n) is 9.77. The maximum absolute atomic E-state index is 11.5. The van der Waals surface area contributed by atoms with E-state index in [-0.39, 0.29) is 24.1 Å². The lowest BCUT2D eigenvalue weighted by Gasteiger charge is -2.10. The topological polar surface area (TPSA) is 98.3 Å². The van der Waals surface area contributed by atoms with Gasteiger partial charge in [-0.05, 0) is 13.0 Å². The molecule has 17 heavy (non-hydrogen) atoms. The molecule has 3 N–H and O–H groups in total. The molecule has 1 unspecified atom stereocenters. The van der Waals surface area contributed by atoms with Crippen LogP contribution in [0.15, 0.2) is 18.2 Å². The van der Waals surface area contributed by atoms with Gasteiger partial charge < -0.3 is 11.1 Å². The smallest absolute Gasteiger partial charge is 0.274 e. The molecule has 1 aromatic carbocycles. The first-order valence-corrected chi connectivity index (χ1v) is 5.21. The summed E-state index contributed by atoms with van der Waals surface area (Å²) < 4.78 is 0. The molecule has 0 aromatic heterocycles. The first kappa shape index (κ1) is 13.1. The summed E-state index contributed by atoms with van der Waals surface area (Å²) in [6.45, 7) is 3.57. The molecule has 1 aromatic rings. The van der Waals surface area contributed by atoms with E-state index in [0.717, 1.165) is 0 Å². The molecule has 6 nitrogen and oxygen atoms in total. The molecule has 0 saturated heterocycles. The van der Waals surface area contributed by atoms with Crippen molar-refractivity contribution in [1.82, 2.24) is 0 Å². The first-order chi connectivity index (χ1) is 7.95. The fourth-order valence-electron chi connectivity index (χ4n) is 1.26. The number of anilines is 1. The number of nitrogens with zero attached hydrogens (tertiary/aromatic N) is 1. The van der Waals surface area contributed by atoms with Gasteiger partial charge in [-0.3, -0.25) is 14.9 Å². The summed E-state index contributed by atoms with van der Waals surface area (Å²) in [7, 11) is 0. The highest BCUT2D eigenvalue weighted by Gasteiger charge is 2.14. The van der Waals surface area contributed by atoms with Crippen LogP contribution >= 0.6 is 0 Å². The monoisotopic (exact) mass is 237 g/mol. The Hall–Kier alpha value is -1.95. The van der Waals surface area contributed by atoms with E-state index >= 15 is 0 Å². The Bertz CT molecular complexity index is 446. The van der Waals surface area contributed by atoms with Crippen LogP contribution in [0, 0.1) is 23.0 Å². The van der Waals surface area contributed by atoms with Gasteiger partial charge in [0.1, 0.15) is 0 Å². The van der Waals surface area contributed by atoms with Gasteiger partial charge >= 0.3 is 0 Å². The second kappa shape index (κ2) is 5.40. The highest BCUT2D eigenvalue weighted by molar-refractivity contribution is 5.92. The van der Waals surface area contributed by atoms with Crippen molar-refractivity contribution in [2.75, 3.05) is 11.9 Å². The van der Waals surface area contributed by atoms with Gasteiger partial charge in [0.05, 0.1) is 4.92 Å². The van der Waals surface area contributed by atoms with Gasteiger partial charge in [0.2, 0.25) is 5.91 Å². The number of rotatable bonds is 4. The highest BCUT2D eigenvalue weighted by atomic mass is 16.6. The second-order valence-corrected chi connectivity index (χ2v) is 3.88. The number of benzene rings is 1. The Morgan fingerprint density at radius 2 is 2.24 bits per heavy atom. The number of hydrogen-bond acceptors (Lipinski definition) is 4. The zero-order valence-corrected chi connectivity index (χ0v) is 9.77. The van der Waals surface area contributed by atoms with Crippen molar-refractivity contribution in [3.05, 3.63) is 33.9 Å². The van der Waals surface area contributed by atoms with Crippen LogP contribution in [0.3, 0.4) is 0 Å². The third-order valence-corrected chi connectivity index (χ3v) is 2.47. The molecule has 6 heteroatoms. The number of hydrogen-bond donors (Lipinski definition) is 2. The molecule has 1 amide bonds. The van der Waals surface area contributed by atoms with Crippen molar-refractivity contribution < 1.29 is 9.72 Å². The summed E-state index contributed by atoms with van der Waals surface area (Å²) in [4.78, 5) is 21.8. The van der Waals surface area contributed by atoms with Gasteiger partial charge in [-0.1, -0.05) is 13.0 Å². The number of nitro groups is 1. The average Bonchev–Trinajstić information content (AvgIpc) is 2.30. The molecule has 92 valence electrons. The van der Waals surface area contributed by atoms with E-state index in [1.165, 1.54) is 6.07 Å². The summed E-state index contributed by atoms with van der Waals surface area (Å²) in [6, 6.07) is 4.57. The Morgan fingerprint density at radius 3 is 2.76 bits per heavy atom. The van der Waals surface area contributed by atoms with Crippen LogP contribution in [0.1, 0.15) is 12.5 Å². The Morgan fingerprint density at radius 1 is 1.59 bits per heavy atom. The van der Waals surface area contributed by atoms with Crippen molar-refractivity contribution in [3.8, 4) is 0 Å². The van der Waals surface area contributed by atoms with Crippen LogP contribution in [0.25, 0.3) is 0 Å². The molecule has 1 rings (SSSR count). The van der Waals surface area contributed by atoms with Crippen LogP contribution < -0.4 is 11.1 Å². The molecule has 0 aliphatic heterocycles. The standard InChI is InChI=1S/C11H15N3O3/c1-7-3-4-9(5-10(7)14(16)17)13-11(15)8(2)6-12/h3-5,8H,6,12H2,1-2H3,(H,13,15). The Balaban J connectivity index is 2.90. The van der Waals surface area contributed by atoms with E-state index in [2.05, 4.69) is 5.32 Å². The fraction of sp³-hybridized carbons (Fsp3) is 0.364. The van der Waals surface area contributed by atoms with Crippen molar-refractivity contribution in [2.45, 2.75) is 13.8 Å². The fourth-order valence-corrected chi connectivity index (χ4v) is 1.26. The minimum absolute atomic E-state index is 0.0109. The Labute approximate surface area is 99.0 Å². The largest absolute Gasteiger partial charge is 0.330 e. The third-order valence-electron chi connectivity index (χ3n) is 2.47. The number of nitrogens with one attached hydrogen (secondary N) is 1. The SMILES string of the molecule is Cc1ccc(NC(=O)C(C)CN)cc1[N+](=O)[O-]. The molecule has 0 heterocycles. The number of nitro benzene ring substituents is 1. The number of carbonyl (C=O) groups is 1. The molecule has 0 aliphatic rings. The van der Waals surface area contributed by atoms with E-state index in [1.807, 2.05) is 0 Å². The summed E-state index contributed by atoms with van der Waals surface area (Å²) in [5, 5.41) is 13.3. The molecular formula is C11H15N3O3. The summed E-state index contributed by atoms with van der Waals surface area (Å²) in [5.41, 5.74) is 6.31. The van der Waals surface area contributed by atoms with Gasteiger partial charge in [0.25, 0.3) is 5.69 Å². The van der Waals surface area contributed by atoms with Gasteiger partial charge in [0.15, 0.2) is 0 Å². The van der Waals surface area contributed by atoms with E-state index < -0.39 is 4.92 Å². The summed E-state index contributed by atoms with van der Waals surface area (Å²) in [5.74, 6) is -0.569. The Kier molecular flexibility index (Phi) is 4.17. The average molecular weight is 237 g/mol. The number of carbonyl (C=O) groups excluding carboxylic acids is 1. The van der Waals surface area contributed by atoms with Crippen LogP contribution in [0.2, 0.25) is 0 Å². The van der Waals surface area contributed by atoms with Crippen molar-refractivity contribution >= 4 is 17.3 Å². The first-order valence-electron chi connectivity index (χ1n) is 5.21. The third kappa shape index (κ3) is 3.25. The molecule has 0 aliphatic carbocycles. The molecule has 0 radical (unpaired) electrons. The normalized spacial score (nSPS) is 11.9. The minimum Gasteiger partial charge on any atom is -0.330 e. The van der Waals surface area contributed by atoms with Crippen molar-refractivity contribution in [1.29, 1.82) is 0 Å². The predicted octanol–water partition coefficient (Wildman–Crippen LogP) is 1.44. The summed E-state index contributed by atoms with van der Waals surface area (Å²) in [6.07, 6.45) is 0. The van der Waals surface area contributed by atoms with Gasteiger partial charge in [-0.2, -0.15) is 0 Å². The molecule has 1 atom stereocenters. The zero-order chi connectivity index (χ0) is 13.0. The van der Waals surface area contributed by atoms with Gasteiger partial charge in [-0.15, -0.1) is 0 Å². The van der Waals surface area contributed by atoms with Crippen LogP contribution in [-0.2, 0) is 4.79 Å². The van der Waals surface area contributed by atoms with E-state index in [4.69, 9.17) is 5.73 Å². The van der Waals surface area contributed by atoms with E-state index in [9.17, 15) is 14.9 Å². The van der Waals surface area contributed by atoms with Gasteiger partial charge in [-0.25, -0.2) is 0 Å². The van der Waals surface area contributed by atoms with Crippen molar-refractivity contribution in [2.24, 2.45) is 11.7 Å². The number of amides is 1. The molecule has 0 bridgehead atoms.